The van der Waals surface area contributed by atoms with E-state index in [2.05, 4.69) is 10.6 Å². The molecule has 0 aliphatic heterocycles. The summed E-state index contributed by atoms with van der Waals surface area (Å²) in [5, 5.41) is 5.65. The highest BCUT2D eigenvalue weighted by Gasteiger charge is 2.28. The lowest BCUT2D eigenvalue weighted by atomic mass is 10.0. The normalized spacial score (nSPS) is 13.7. The molecule has 2 rings (SSSR count). The maximum atomic E-state index is 12.6. The lowest BCUT2D eigenvalue weighted by Crippen LogP contribution is -3.07. The largest absolute Gasteiger partial charge is 0.463 e. The summed E-state index contributed by atoms with van der Waals surface area (Å²) in [5.41, 5.74) is 0. The summed E-state index contributed by atoms with van der Waals surface area (Å²) in [4.78, 5) is 25.9. The molecule has 0 aromatic carbocycles. The first-order chi connectivity index (χ1) is 11.9. The summed E-state index contributed by atoms with van der Waals surface area (Å²) >= 11 is 0. The standard InChI is InChI=1S/C18H25N3O4/c1-12(2)16(20-17(22)15-8-6-10-25-15)18(23)19-11-13(21(3)4)14-7-5-9-24-14/h5-10,12-13,16H,11H2,1-4H3,(H,19,23)(H,20,22)/p+1/t13-,16-/m0/s1. The highest BCUT2D eigenvalue weighted by Crippen LogP contribution is 2.10. The predicted molar refractivity (Wildman–Crippen MR) is 92.1 cm³/mol. The quantitative estimate of drug-likeness (QED) is 0.653. The van der Waals surface area contributed by atoms with Crippen LogP contribution in [0.3, 0.4) is 0 Å². The molecule has 7 heteroatoms. The minimum Gasteiger partial charge on any atom is -0.463 e. The molecule has 7 nitrogen and oxygen atoms in total. The van der Waals surface area contributed by atoms with Crippen molar-refractivity contribution in [2.45, 2.75) is 25.9 Å². The SMILES string of the molecule is CC(C)[C@H](NC(=O)c1ccco1)C(=O)NC[C@@H](c1ccco1)[NH+](C)C. The van der Waals surface area contributed by atoms with Gasteiger partial charge < -0.3 is 24.4 Å². The van der Waals surface area contributed by atoms with Gasteiger partial charge in [-0.15, -0.1) is 0 Å². The minimum absolute atomic E-state index is 0.00691. The fourth-order valence-corrected chi connectivity index (χ4v) is 2.55. The van der Waals surface area contributed by atoms with E-state index in [0.29, 0.717) is 6.54 Å². The first kappa shape index (κ1) is 18.8. The summed E-state index contributed by atoms with van der Waals surface area (Å²) < 4.78 is 10.5. The first-order valence-electron chi connectivity index (χ1n) is 8.35. The molecule has 0 spiro atoms. The van der Waals surface area contributed by atoms with Crippen LogP contribution >= 0.6 is 0 Å². The molecule has 0 aliphatic carbocycles. The number of furan rings is 2. The zero-order chi connectivity index (χ0) is 18.4. The molecule has 0 saturated heterocycles. The third-order valence-electron chi connectivity index (χ3n) is 4.04. The molecular formula is C18H26N3O4+. The van der Waals surface area contributed by atoms with E-state index in [1.165, 1.54) is 6.26 Å². The summed E-state index contributed by atoms with van der Waals surface area (Å²) in [6, 6.07) is 6.26. The number of amides is 2. The third kappa shape index (κ3) is 4.96. The van der Waals surface area contributed by atoms with Gasteiger partial charge in [0.05, 0.1) is 33.2 Å². The van der Waals surface area contributed by atoms with Gasteiger partial charge in [-0.05, 0) is 30.2 Å². The molecule has 2 aromatic rings. The monoisotopic (exact) mass is 348 g/mol. The summed E-state index contributed by atoms with van der Waals surface area (Å²) in [7, 11) is 4.00. The molecular weight excluding hydrogens is 322 g/mol. The van der Waals surface area contributed by atoms with Gasteiger partial charge in [-0.3, -0.25) is 9.59 Å². The molecule has 3 N–H and O–H groups in total. The molecule has 0 aliphatic rings. The Morgan fingerprint density at radius 2 is 1.80 bits per heavy atom. The van der Waals surface area contributed by atoms with E-state index in [0.717, 1.165) is 10.7 Å². The molecule has 25 heavy (non-hydrogen) atoms. The van der Waals surface area contributed by atoms with Crippen LogP contribution in [0, 0.1) is 5.92 Å². The average Bonchev–Trinajstić information content (AvgIpc) is 3.25. The van der Waals surface area contributed by atoms with E-state index in [1.807, 2.05) is 40.1 Å². The van der Waals surface area contributed by atoms with Crippen LogP contribution in [-0.4, -0.2) is 38.5 Å². The van der Waals surface area contributed by atoms with Crippen molar-refractivity contribution in [1.82, 2.24) is 10.6 Å². The summed E-state index contributed by atoms with van der Waals surface area (Å²) in [6.45, 7) is 4.18. The molecule has 0 fully saturated rings. The van der Waals surface area contributed by atoms with E-state index in [4.69, 9.17) is 8.83 Å². The van der Waals surface area contributed by atoms with Crippen LogP contribution in [-0.2, 0) is 4.79 Å². The van der Waals surface area contributed by atoms with Crippen LogP contribution in [0.25, 0.3) is 0 Å². The fraction of sp³-hybridized carbons (Fsp3) is 0.444. The van der Waals surface area contributed by atoms with Gasteiger partial charge in [-0.2, -0.15) is 0 Å². The molecule has 2 amide bonds. The van der Waals surface area contributed by atoms with E-state index >= 15 is 0 Å². The second-order valence-corrected chi connectivity index (χ2v) is 6.56. The van der Waals surface area contributed by atoms with E-state index in [9.17, 15) is 9.59 Å². The van der Waals surface area contributed by atoms with Gasteiger partial charge in [0, 0.05) is 0 Å². The number of likely N-dealkylation sites (N-methyl/N-ethyl adjacent to an activating group) is 1. The Kier molecular flexibility index (Phi) is 6.41. The van der Waals surface area contributed by atoms with Gasteiger partial charge >= 0.3 is 0 Å². The van der Waals surface area contributed by atoms with Crippen molar-refractivity contribution < 1.29 is 23.3 Å². The molecule has 0 unspecified atom stereocenters. The van der Waals surface area contributed by atoms with Crippen molar-refractivity contribution in [3.63, 3.8) is 0 Å². The van der Waals surface area contributed by atoms with Gasteiger partial charge in [-0.25, -0.2) is 0 Å². The Morgan fingerprint density at radius 3 is 2.32 bits per heavy atom. The lowest BCUT2D eigenvalue weighted by molar-refractivity contribution is -0.891. The van der Waals surface area contributed by atoms with Gasteiger partial charge in [0.25, 0.3) is 5.91 Å². The number of rotatable bonds is 8. The average molecular weight is 348 g/mol. The highest BCUT2D eigenvalue weighted by atomic mass is 16.3. The fourth-order valence-electron chi connectivity index (χ4n) is 2.55. The number of hydrogen-bond acceptors (Lipinski definition) is 4. The van der Waals surface area contributed by atoms with Crippen molar-refractivity contribution in [2.24, 2.45) is 5.92 Å². The van der Waals surface area contributed by atoms with Gasteiger partial charge in [0.2, 0.25) is 5.91 Å². The van der Waals surface area contributed by atoms with E-state index in [-0.39, 0.29) is 23.6 Å². The number of carbonyl (C=O) groups excluding carboxylic acids is 2. The molecule has 0 radical (unpaired) electrons. The Morgan fingerprint density at radius 1 is 1.12 bits per heavy atom. The first-order valence-corrected chi connectivity index (χ1v) is 8.35. The summed E-state index contributed by atoms with van der Waals surface area (Å²) in [6.07, 6.45) is 3.04. The molecule has 0 saturated carbocycles. The smallest absolute Gasteiger partial charge is 0.287 e. The Balaban J connectivity index is 1.99. The molecule has 2 atom stereocenters. The van der Waals surface area contributed by atoms with Crippen LogP contribution < -0.4 is 15.5 Å². The predicted octanol–water partition coefficient (Wildman–Crippen LogP) is 0.629. The zero-order valence-corrected chi connectivity index (χ0v) is 15.0. The molecule has 2 heterocycles. The maximum absolute atomic E-state index is 12.6. The zero-order valence-electron chi connectivity index (χ0n) is 15.0. The van der Waals surface area contributed by atoms with Crippen LogP contribution in [0.15, 0.2) is 45.6 Å². The van der Waals surface area contributed by atoms with Crippen molar-refractivity contribution >= 4 is 11.8 Å². The van der Waals surface area contributed by atoms with Crippen molar-refractivity contribution in [2.75, 3.05) is 20.6 Å². The van der Waals surface area contributed by atoms with Crippen molar-refractivity contribution in [3.05, 3.63) is 48.3 Å². The maximum Gasteiger partial charge on any atom is 0.287 e. The van der Waals surface area contributed by atoms with Crippen LogP contribution in [0.4, 0.5) is 0 Å². The van der Waals surface area contributed by atoms with Crippen LogP contribution in [0.1, 0.15) is 36.2 Å². The van der Waals surface area contributed by atoms with Crippen LogP contribution in [0.5, 0.6) is 0 Å². The van der Waals surface area contributed by atoms with Gasteiger partial charge in [-0.1, -0.05) is 13.8 Å². The number of hydrogen-bond donors (Lipinski definition) is 3. The number of quaternary nitrogens is 1. The van der Waals surface area contributed by atoms with Gasteiger partial charge in [0.1, 0.15) is 6.04 Å². The Bertz CT molecular complexity index is 663. The lowest BCUT2D eigenvalue weighted by Gasteiger charge is -2.24. The number of carbonyl (C=O) groups is 2. The Labute approximate surface area is 147 Å². The molecule has 136 valence electrons. The molecule has 0 bridgehead atoms. The van der Waals surface area contributed by atoms with E-state index < -0.39 is 11.9 Å². The van der Waals surface area contributed by atoms with Gasteiger partial charge in [0.15, 0.2) is 17.6 Å². The van der Waals surface area contributed by atoms with Crippen LogP contribution in [0.2, 0.25) is 0 Å². The van der Waals surface area contributed by atoms with Crippen molar-refractivity contribution in [3.8, 4) is 0 Å². The third-order valence-corrected chi connectivity index (χ3v) is 4.04. The Hall–Kier alpha value is -2.54. The topological polar surface area (TPSA) is 88.9 Å². The minimum atomic E-state index is -0.646. The second kappa shape index (κ2) is 8.53. The number of nitrogens with one attached hydrogen (secondary N) is 3. The summed E-state index contributed by atoms with van der Waals surface area (Å²) in [5.74, 6) is 0.297. The highest BCUT2D eigenvalue weighted by molar-refractivity contribution is 5.95. The second-order valence-electron chi connectivity index (χ2n) is 6.56. The van der Waals surface area contributed by atoms with E-state index in [1.54, 1.807) is 18.4 Å². The molecule has 2 aromatic heterocycles. The van der Waals surface area contributed by atoms with Crippen molar-refractivity contribution in [1.29, 1.82) is 0 Å².